The molecule has 0 N–H and O–H groups in total. The molecule has 0 aliphatic rings. The zero-order chi connectivity index (χ0) is 14.4. The molecule has 0 bridgehead atoms. The van der Waals surface area contributed by atoms with Gasteiger partial charge in [0.05, 0.1) is 12.3 Å². The van der Waals surface area contributed by atoms with Gasteiger partial charge in [-0.05, 0) is 48.9 Å². The van der Waals surface area contributed by atoms with Crippen LogP contribution in [0.2, 0.25) is 0 Å². The molecule has 0 unspecified atom stereocenters. The normalized spacial score (nSPS) is 10.8. The Morgan fingerprint density at radius 1 is 1.00 bits per heavy atom. The predicted molar refractivity (Wildman–Crippen MR) is 85.6 cm³/mol. The number of ether oxygens (including phenoxy) is 1. The van der Waals surface area contributed by atoms with Crippen LogP contribution in [0.25, 0.3) is 0 Å². The topological polar surface area (TPSA) is 24.8 Å². The van der Waals surface area contributed by atoms with Crippen LogP contribution in [-0.2, 0) is 0 Å². The van der Waals surface area contributed by atoms with Crippen molar-refractivity contribution < 1.29 is 4.74 Å². The maximum atomic E-state index is 5.40. The van der Waals surface area contributed by atoms with Gasteiger partial charge in [0.2, 0.25) is 0 Å². The van der Waals surface area contributed by atoms with Gasteiger partial charge in [0.15, 0.2) is 0 Å². The summed E-state index contributed by atoms with van der Waals surface area (Å²) in [5, 5.41) is 0. The van der Waals surface area contributed by atoms with Crippen molar-refractivity contribution in [2.24, 2.45) is 4.99 Å². The summed E-state index contributed by atoms with van der Waals surface area (Å²) in [4.78, 5) is 6.53. The Kier molecular flexibility index (Phi) is 4.77. The van der Waals surface area contributed by atoms with E-state index < -0.39 is 0 Å². The molecule has 0 aromatic heterocycles. The Balaban J connectivity index is 2.04. The molecule has 20 heavy (non-hydrogen) atoms. The first kappa shape index (κ1) is 14.1. The lowest BCUT2D eigenvalue weighted by atomic mass is 10.2. The molecule has 0 spiro atoms. The fraction of sp³-hybridized carbons (Fsp3) is 0.235. The van der Waals surface area contributed by atoms with Gasteiger partial charge in [-0.3, -0.25) is 4.99 Å². The van der Waals surface area contributed by atoms with Crippen molar-refractivity contribution in [3.8, 4) is 5.75 Å². The third-order valence-electron chi connectivity index (χ3n) is 2.92. The number of hydrogen-bond donors (Lipinski definition) is 0. The molecule has 0 heterocycles. The van der Waals surface area contributed by atoms with E-state index in [4.69, 9.17) is 4.74 Å². The lowest BCUT2D eigenvalue weighted by Crippen LogP contribution is -2.08. The molecule has 2 rings (SSSR count). The average Bonchev–Trinajstić information content (AvgIpc) is 2.47. The Morgan fingerprint density at radius 2 is 1.65 bits per heavy atom. The Morgan fingerprint density at radius 3 is 2.20 bits per heavy atom. The number of anilines is 1. The fourth-order valence-corrected chi connectivity index (χ4v) is 1.80. The standard InChI is InChI=1S/C17H20N2O/c1-4-20-17-11-7-15(8-12-17)18-13-14-5-9-16(10-6-14)19(2)3/h5-13H,4H2,1-3H3. The highest BCUT2D eigenvalue weighted by molar-refractivity contribution is 5.82. The van der Waals surface area contributed by atoms with E-state index in [2.05, 4.69) is 34.2 Å². The molecule has 0 radical (unpaired) electrons. The predicted octanol–water partition coefficient (Wildman–Crippen LogP) is 3.90. The molecule has 104 valence electrons. The molecular formula is C17H20N2O. The first-order chi connectivity index (χ1) is 9.69. The highest BCUT2D eigenvalue weighted by Crippen LogP contribution is 2.18. The minimum Gasteiger partial charge on any atom is -0.494 e. The summed E-state index contributed by atoms with van der Waals surface area (Å²) >= 11 is 0. The van der Waals surface area contributed by atoms with Gasteiger partial charge in [0.25, 0.3) is 0 Å². The summed E-state index contributed by atoms with van der Waals surface area (Å²) in [5.74, 6) is 0.877. The van der Waals surface area contributed by atoms with Crippen molar-refractivity contribution in [1.82, 2.24) is 0 Å². The lowest BCUT2D eigenvalue weighted by molar-refractivity contribution is 0.340. The van der Waals surface area contributed by atoms with E-state index in [9.17, 15) is 0 Å². The van der Waals surface area contributed by atoms with Crippen LogP contribution < -0.4 is 9.64 Å². The third-order valence-corrected chi connectivity index (χ3v) is 2.92. The van der Waals surface area contributed by atoms with Crippen molar-refractivity contribution in [2.45, 2.75) is 6.92 Å². The highest BCUT2D eigenvalue weighted by atomic mass is 16.5. The molecule has 0 amide bonds. The first-order valence-electron chi connectivity index (χ1n) is 6.73. The Hall–Kier alpha value is -2.29. The van der Waals surface area contributed by atoms with Crippen LogP contribution in [0, 0.1) is 0 Å². The molecule has 3 nitrogen and oxygen atoms in total. The second-order valence-electron chi connectivity index (χ2n) is 4.67. The fourth-order valence-electron chi connectivity index (χ4n) is 1.80. The minimum atomic E-state index is 0.681. The summed E-state index contributed by atoms with van der Waals surface area (Å²) in [6, 6.07) is 16.1. The van der Waals surface area contributed by atoms with E-state index in [0.29, 0.717) is 6.61 Å². The molecule has 0 aliphatic carbocycles. The van der Waals surface area contributed by atoms with Crippen molar-refractivity contribution in [3.63, 3.8) is 0 Å². The van der Waals surface area contributed by atoms with Gasteiger partial charge in [-0.15, -0.1) is 0 Å². The molecule has 0 saturated heterocycles. The molecule has 3 heteroatoms. The van der Waals surface area contributed by atoms with Gasteiger partial charge >= 0.3 is 0 Å². The van der Waals surface area contributed by atoms with E-state index >= 15 is 0 Å². The third kappa shape index (κ3) is 3.85. The maximum absolute atomic E-state index is 5.40. The average molecular weight is 268 g/mol. The van der Waals surface area contributed by atoms with Gasteiger partial charge in [0, 0.05) is 26.0 Å². The van der Waals surface area contributed by atoms with E-state index in [1.165, 1.54) is 5.69 Å². The van der Waals surface area contributed by atoms with Crippen LogP contribution >= 0.6 is 0 Å². The number of hydrogen-bond acceptors (Lipinski definition) is 3. The van der Waals surface area contributed by atoms with Crippen molar-refractivity contribution >= 4 is 17.6 Å². The zero-order valence-corrected chi connectivity index (χ0v) is 12.2. The molecule has 0 saturated carbocycles. The van der Waals surface area contributed by atoms with E-state index in [1.54, 1.807) is 0 Å². The van der Waals surface area contributed by atoms with Crippen LogP contribution in [0.1, 0.15) is 12.5 Å². The molecular weight excluding hydrogens is 248 g/mol. The van der Waals surface area contributed by atoms with E-state index in [0.717, 1.165) is 17.0 Å². The Bertz CT molecular complexity index is 557. The first-order valence-corrected chi connectivity index (χ1v) is 6.73. The van der Waals surface area contributed by atoms with Crippen LogP contribution in [0.15, 0.2) is 53.5 Å². The van der Waals surface area contributed by atoms with E-state index in [-0.39, 0.29) is 0 Å². The minimum absolute atomic E-state index is 0.681. The van der Waals surface area contributed by atoms with Crippen LogP contribution in [-0.4, -0.2) is 26.9 Å². The molecule has 2 aromatic carbocycles. The summed E-state index contributed by atoms with van der Waals surface area (Å²) in [6.07, 6.45) is 1.87. The maximum Gasteiger partial charge on any atom is 0.119 e. The largest absolute Gasteiger partial charge is 0.494 e. The molecule has 0 atom stereocenters. The summed E-state index contributed by atoms with van der Waals surface area (Å²) in [7, 11) is 4.06. The van der Waals surface area contributed by atoms with Gasteiger partial charge in [-0.1, -0.05) is 12.1 Å². The number of aliphatic imine (C=N–C) groups is 1. The summed E-state index contributed by atoms with van der Waals surface area (Å²) in [5.41, 5.74) is 3.19. The number of nitrogens with zero attached hydrogens (tertiary/aromatic N) is 2. The number of rotatable bonds is 5. The quantitative estimate of drug-likeness (QED) is 0.768. The van der Waals surface area contributed by atoms with Crippen molar-refractivity contribution in [1.29, 1.82) is 0 Å². The number of benzene rings is 2. The van der Waals surface area contributed by atoms with Gasteiger partial charge < -0.3 is 9.64 Å². The molecule has 2 aromatic rings. The van der Waals surface area contributed by atoms with Crippen LogP contribution in [0.4, 0.5) is 11.4 Å². The summed E-state index contributed by atoms with van der Waals surface area (Å²) in [6.45, 7) is 2.66. The van der Waals surface area contributed by atoms with Gasteiger partial charge in [-0.2, -0.15) is 0 Å². The second-order valence-corrected chi connectivity index (χ2v) is 4.67. The SMILES string of the molecule is CCOc1ccc(N=Cc2ccc(N(C)C)cc2)cc1. The molecule has 0 aliphatic heterocycles. The zero-order valence-electron chi connectivity index (χ0n) is 12.2. The second kappa shape index (κ2) is 6.75. The van der Waals surface area contributed by atoms with Gasteiger partial charge in [-0.25, -0.2) is 0 Å². The van der Waals surface area contributed by atoms with Crippen molar-refractivity contribution in [2.75, 3.05) is 25.6 Å². The molecule has 0 fully saturated rings. The monoisotopic (exact) mass is 268 g/mol. The Labute approximate surface area is 120 Å². The van der Waals surface area contributed by atoms with Crippen LogP contribution in [0.5, 0.6) is 5.75 Å². The van der Waals surface area contributed by atoms with E-state index in [1.807, 2.05) is 51.5 Å². The highest BCUT2D eigenvalue weighted by Gasteiger charge is 1.95. The lowest BCUT2D eigenvalue weighted by Gasteiger charge is -2.11. The van der Waals surface area contributed by atoms with Gasteiger partial charge in [0.1, 0.15) is 5.75 Å². The van der Waals surface area contributed by atoms with Crippen molar-refractivity contribution in [3.05, 3.63) is 54.1 Å². The van der Waals surface area contributed by atoms with Crippen LogP contribution in [0.3, 0.4) is 0 Å². The smallest absolute Gasteiger partial charge is 0.119 e. The summed E-state index contributed by atoms with van der Waals surface area (Å²) < 4.78 is 5.40.